The van der Waals surface area contributed by atoms with Gasteiger partial charge in [-0.1, -0.05) is 0 Å². The number of carbonyl (C=O) groups is 2. The second-order valence-corrected chi connectivity index (χ2v) is 4.41. The summed E-state index contributed by atoms with van der Waals surface area (Å²) in [4.78, 5) is 36.9. The lowest BCUT2D eigenvalue weighted by molar-refractivity contribution is -0.380. The van der Waals surface area contributed by atoms with E-state index in [1.165, 1.54) is 0 Å². The van der Waals surface area contributed by atoms with E-state index < -0.39 is 16.9 Å². The van der Waals surface area contributed by atoms with Gasteiger partial charge in [-0.15, -0.1) is 0 Å². The van der Waals surface area contributed by atoms with Crippen molar-refractivity contribution in [1.82, 2.24) is 4.98 Å². The molecule has 114 valence electrons. The van der Waals surface area contributed by atoms with Crippen molar-refractivity contribution in [1.29, 1.82) is 0 Å². The maximum absolute atomic E-state index is 11.6. The molecule has 1 heterocycles. The molecule has 0 saturated carbocycles. The molecule has 0 saturated heterocycles. The fourth-order valence-corrected chi connectivity index (χ4v) is 1.77. The average molecular weight is 315 g/mol. The van der Waals surface area contributed by atoms with Crippen LogP contribution < -0.4 is 5.32 Å². The standard InChI is InChI=1S/C11H13N3O6S/c1-3-19-9(15)7(10(16)20-4-2)5-12-11-13-6-8(21-11)14(17)18/h5-6H,3-4H2,1-2H3,(H,12,13). The summed E-state index contributed by atoms with van der Waals surface area (Å²) in [6.45, 7) is 3.38. The van der Waals surface area contributed by atoms with Crippen molar-refractivity contribution >= 4 is 33.4 Å². The number of anilines is 1. The van der Waals surface area contributed by atoms with Crippen molar-refractivity contribution in [3.8, 4) is 0 Å². The zero-order valence-corrected chi connectivity index (χ0v) is 12.1. The van der Waals surface area contributed by atoms with Crippen LogP contribution in [-0.2, 0) is 19.1 Å². The zero-order valence-electron chi connectivity index (χ0n) is 11.3. The number of nitrogens with one attached hydrogen (secondary N) is 1. The molecule has 0 unspecified atom stereocenters. The summed E-state index contributed by atoms with van der Waals surface area (Å²) in [7, 11) is 0. The van der Waals surface area contributed by atoms with E-state index in [4.69, 9.17) is 9.47 Å². The van der Waals surface area contributed by atoms with E-state index in [-0.39, 0.29) is 28.9 Å². The molecule has 0 aliphatic heterocycles. The monoisotopic (exact) mass is 315 g/mol. The summed E-state index contributed by atoms with van der Waals surface area (Å²) < 4.78 is 9.46. The molecule has 0 aromatic carbocycles. The van der Waals surface area contributed by atoms with Gasteiger partial charge < -0.3 is 14.8 Å². The van der Waals surface area contributed by atoms with Crippen LogP contribution in [0.4, 0.5) is 10.1 Å². The van der Waals surface area contributed by atoms with Gasteiger partial charge in [0.1, 0.15) is 6.20 Å². The highest BCUT2D eigenvalue weighted by Crippen LogP contribution is 2.25. The molecular formula is C11H13N3O6S. The SMILES string of the molecule is CCOC(=O)C(=CNc1ncc([N+](=O)[O-])s1)C(=O)OCC. The third-order valence-corrected chi connectivity index (χ3v) is 2.88. The number of thiazole rings is 1. The van der Waals surface area contributed by atoms with E-state index in [1.807, 2.05) is 0 Å². The number of carbonyl (C=O) groups excluding carboxylic acids is 2. The number of esters is 2. The number of hydrogen-bond acceptors (Lipinski definition) is 9. The van der Waals surface area contributed by atoms with Crippen LogP contribution in [0.5, 0.6) is 0 Å². The van der Waals surface area contributed by atoms with Crippen molar-refractivity contribution in [2.45, 2.75) is 13.8 Å². The van der Waals surface area contributed by atoms with E-state index in [1.54, 1.807) is 13.8 Å². The minimum absolute atomic E-state index is 0.0955. The minimum atomic E-state index is -0.852. The Hall–Kier alpha value is -2.49. The van der Waals surface area contributed by atoms with Crippen LogP contribution in [-0.4, -0.2) is 35.1 Å². The van der Waals surface area contributed by atoms with E-state index in [0.29, 0.717) is 0 Å². The smallest absolute Gasteiger partial charge is 0.347 e. The van der Waals surface area contributed by atoms with E-state index in [9.17, 15) is 19.7 Å². The van der Waals surface area contributed by atoms with E-state index >= 15 is 0 Å². The van der Waals surface area contributed by atoms with Gasteiger partial charge >= 0.3 is 16.9 Å². The maximum Gasteiger partial charge on any atom is 0.347 e. The fraction of sp³-hybridized carbons (Fsp3) is 0.364. The summed E-state index contributed by atoms with van der Waals surface area (Å²) >= 11 is 0.763. The molecule has 1 aromatic heterocycles. The highest BCUT2D eigenvalue weighted by molar-refractivity contribution is 7.18. The zero-order chi connectivity index (χ0) is 15.8. The Bertz CT molecular complexity index is 548. The highest BCUT2D eigenvalue weighted by atomic mass is 32.1. The number of rotatable bonds is 7. The largest absolute Gasteiger partial charge is 0.462 e. The summed E-state index contributed by atoms with van der Waals surface area (Å²) in [6, 6.07) is 0. The Balaban J connectivity index is 2.88. The molecule has 0 spiro atoms. The molecule has 9 nitrogen and oxygen atoms in total. The molecule has 0 atom stereocenters. The number of hydrogen-bond donors (Lipinski definition) is 1. The Labute approximate surface area is 123 Å². The van der Waals surface area contributed by atoms with Crippen molar-refractivity contribution in [3.63, 3.8) is 0 Å². The first-order chi connectivity index (χ1) is 9.99. The summed E-state index contributed by atoms with van der Waals surface area (Å²) in [5, 5.41) is 13.1. The van der Waals surface area contributed by atoms with Gasteiger partial charge in [0, 0.05) is 6.20 Å². The van der Waals surface area contributed by atoms with Crippen LogP contribution >= 0.6 is 11.3 Å². The Kier molecular flexibility index (Phi) is 6.27. The molecule has 21 heavy (non-hydrogen) atoms. The van der Waals surface area contributed by atoms with Crippen LogP contribution in [0, 0.1) is 10.1 Å². The normalized spacial score (nSPS) is 9.62. The molecule has 10 heteroatoms. The first kappa shape index (κ1) is 16.6. The topological polar surface area (TPSA) is 121 Å². The van der Waals surface area contributed by atoms with Gasteiger partial charge in [0.25, 0.3) is 0 Å². The Morgan fingerprint density at radius 1 is 1.38 bits per heavy atom. The summed E-state index contributed by atoms with van der Waals surface area (Å²) in [6.07, 6.45) is 2.12. The van der Waals surface area contributed by atoms with Crippen molar-refractivity contribution < 1.29 is 24.0 Å². The van der Waals surface area contributed by atoms with Gasteiger partial charge in [-0.05, 0) is 25.2 Å². The number of ether oxygens (including phenoxy) is 2. The third-order valence-electron chi connectivity index (χ3n) is 2.00. The van der Waals surface area contributed by atoms with Crippen molar-refractivity contribution in [2.75, 3.05) is 18.5 Å². The van der Waals surface area contributed by atoms with Crippen LogP contribution in [0.25, 0.3) is 0 Å². The van der Waals surface area contributed by atoms with Gasteiger partial charge in [-0.2, -0.15) is 0 Å². The highest BCUT2D eigenvalue weighted by Gasteiger charge is 2.21. The predicted molar refractivity (Wildman–Crippen MR) is 73.7 cm³/mol. The molecule has 1 N–H and O–H groups in total. The van der Waals surface area contributed by atoms with Crippen LogP contribution in [0.15, 0.2) is 18.0 Å². The van der Waals surface area contributed by atoms with Crippen LogP contribution in [0.3, 0.4) is 0 Å². The first-order valence-electron chi connectivity index (χ1n) is 5.90. The molecule has 1 rings (SSSR count). The number of nitro groups is 1. The first-order valence-corrected chi connectivity index (χ1v) is 6.72. The molecule has 1 aromatic rings. The van der Waals surface area contributed by atoms with Gasteiger partial charge in [0.2, 0.25) is 0 Å². The quantitative estimate of drug-likeness (QED) is 0.200. The van der Waals surface area contributed by atoms with E-state index in [2.05, 4.69) is 10.3 Å². The lowest BCUT2D eigenvalue weighted by Gasteiger charge is -2.06. The second kappa shape index (κ2) is 7.94. The molecule has 0 radical (unpaired) electrons. The van der Waals surface area contributed by atoms with Gasteiger partial charge in [-0.3, -0.25) is 10.1 Å². The fourth-order valence-electron chi connectivity index (χ4n) is 1.17. The lowest BCUT2D eigenvalue weighted by Crippen LogP contribution is -2.19. The minimum Gasteiger partial charge on any atom is -0.462 e. The van der Waals surface area contributed by atoms with Crippen molar-refractivity contribution in [2.24, 2.45) is 0 Å². The number of aromatic nitrogens is 1. The maximum atomic E-state index is 11.6. The predicted octanol–water partition coefficient (Wildman–Crippen LogP) is 1.47. The Morgan fingerprint density at radius 3 is 2.38 bits per heavy atom. The number of nitrogens with zero attached hydrogens (tertiary/aromatic N) is 2. The lowest BCUT2D eigenvalue weighted by atomic mass is 10.3. The third kappa shape index (κ3) is 4.84. The van der Waals surface area contributed by atoms with Crippen LogP contribution in [0.2, 0.25) is 0 Å². The second-order valence-electron chi connectivity index (χ2n) is 3.40. The summed E-state index contributed by atoms with van der Waals surface area (Å²) in [5.74, 6) is -1.70. The molecule has 0 fully saturated rings. The average Bonchev–Trinajstić information content (AvgIpc) is 2.88. The van der Waals surface area contributed by atoms with Gasteiger partial charge in [0.15, 0.2) is 10.7 Å². The molecule has 0 bridgehead atoms. The van der Waals surface area contributed by atoms with Gasteiger partial charge in [-0.25, -0.2) is 14.6 Å². The van der Waals surface area contributed by atoms with E-state index in [0.717, 1.165) is 23.7 Å². The van der Waals surface area contributed by atoms with Crippen LogP contribution in [0.1, 0.15) is 13.8 Å². The van der Waals surface area contributed by atoms with Gasteiger partial charge in [0.05, 0.1) is 18.1 Å². The molecule has 0 aliphatic rings. The van der Waals surface area contributed by atoms with Crippen molar-refractivity contribution in [3.05, 3.63) is 28.1 Å². The molecule has 0 amide bonds. The molecular weight excluding hydrogens is 302 g/mol. The summed E-state index contributed by atoms with van der Waals surface area (Å²) in [5.41, 5.74) is -0.350. The Morgan fingerprint density at radius 2 is 1.95 bits per heavy atom. The molecule has 0 aliphatic carbocycles.